The van der Waals surface area contributed by atoms with Gasteiger partial charge in [0.25, 0.3) is 0 Å². The van der Waals surface area contributed by atoms with Gasteiger partial charge in [0.05, 0.1) is 19.7 Å². The van der Waals surface area contributed by atoms with Gasteiger partial charge in [0.1, 0.15) is 11.6 Å². The zero-order valence-corrected chi connectivity index (χ0v) is 19.0. The Morgan fingerprint density at radius 3 is 2.40 bits per heavy atom. The van der Waals surface area contributed by atoms with Gasteiger partial charge >= 0.3 is 6.09 Å². The van der Waals surface area contributed by atoms with E-state index in [1.807, 2.05) is 27.7 Å². The van der Waals surface area contributed by atoms with Crippen LogP contribution in [-0.4, -0.2) is 73.5 Å². The van der Waals surface area contributed by atoms with Crippen molar-refractivity contribution in [2.75, 3.05) is 27.2 Å². The minimum Gasteiger partial charge on any atom is -0.453 e. The highest BCUT2D eigenvalue weighted by Gasteiger charge is 2.58. The fourth-order valence-electron chi connectivity index (χ4n) is 4.34. The van der Waals surface area contributed by atoms with Gasteiger partial charge in [0.15, 0.2) is 5.78 Å². The molecule has 3 amide bonds. The first kappa shape index (κ1) is 24.1. The van der Waals surface area contributed by atoms with Crippen LogP contribution in [0.1, 0.15) is 53.4 Å². The quantitative estimate of drug-likeness (QED) is 0.531. The number of rotatable bonds is 8. The number of carbonyl (C=O) groups excluding carboxylic acids is 4. The lowest BCUT2D eigenvalue weighted by atomic mass is 9.85. The SMILES string of the molecule is CCC1CC1(NCC(=O)[C@@H]1CCCN1C(=O)[C@@H](NC(=O)OC)C(C)(C)C)C(=O)NC. The lowest BCUT2D eigenvalue weighted by molar-refractivity contribution is -0.141. The molecule has 170 valence electrons. The second kappa shape index (κ2) is 9.32. The van der Waals surface area contributed by atoms with E-state index in [0.29, 0.717) is 19.4 Å². The first-order valence-corrected chi connectivity index (χ1v) is 10.7. The van der Waals surface area contributed by atoms with Gasteiger partial charge in [0.2, 0.25) is 11.8 Å². The van der Waals surface area contributed by atoms with Crippen molar-refractivity contribution in [3.8, 4) is 0 Å². The van der Waals surface area contributed by atoms with Gasteiger partial charge in [-0.1, -0.05) is 34.1 Å². The minimum atomic E-state index is -0.809. The van der Waals surface area contributed by atoms with Crippen molar-refractivity contribution >= 4 is 23.7 Å². The molecule has 1 saturated carbocycles. The van der Waals surface area contributed by atoms with E-state index in [1.54, 1.807) is 11.9 Å². The van der Waals surface area contributed by atoms with Crippen LogP contribution < -0.4 is 16.0 Å². The second-order valence-electron chi connectivity index (χ2n) is 9.30. The van der Waals surface area contributed by atoms with Gasteiger partial charge in [-0.15, -0.1) is 0 Å². The van der Waals surface area contributed by atoms with Gasteiger partial charge in [0, 0.05) is 13.6 Å². The molecule has 3 N–H and O–H groups in total. The first-order chi connectivity index (χ1) is 14.0. The fourth-order valence-corrected chi connectivity index (χ4v) is 4.34. The number of likely N-dealkylation sites (tertiary alicyclic amines) is 1. The van der Waals surface area contributed by atoms with Crippen LogP contribution in [-0.2, 0) is 19.1 Å². The zero-order valence-electron chi connectivity index (χ0n) is 19.0. The summed E-state index contributed by atoms with van der Waals surface area (Å²) in [5.41, 5.74) is -1.24. The predicted molar refractivity (Wildman–Crippen MR) is 112 cm³/mol. The number of likely N-dealkylation sites (N-methyl/N-ethyl adjacent to an activating group) is 1. The Hall–Kier alpha value is -2.16. The van der Waals surface area contributed by atoms with Gasteiger partial charge < -0.3 is 20.3 Å². The van der Waals surface area contributed by atoms with Crippen molar-refractivity contribution in [2.45, 2.75) is 71.0 Å². The molecule has 4 atom stereocenters. The molecule has 0 spiro atoms. The first-order valence-electron chi connectivity index (χ1n) is 10.7. The van der Waals surface area contributed by atoms with E-state index in [9.17, 15) is 19.2 Å². The molecule has 0 bridgehead atoms. The maximum Gasteiger partial charge on any atom is 0.407 e. The third kappa shape index (κ3) is 4.94. The summed E-state index contributed by atoms with van der Waals surface area (Å²) in [6, 6.07) is -1.37. The van der Waals surface area contributed by atoms with Crippen LogP contribution in [0.15, 0.2) is 0 Å². The number of carbonyl (C=O) groups is 4. The number of nitrogens with one attached hydrogen (secondary N) is 3. The van der Waals surface area contributed by atoms with E-state index >= 15 is 0 Å². The molecule has 1 aliphatic carbocycles. The molecule has 2 unspecified atom stereocenters. The molecule has 0 radical (unpaired) electrons. The highest BCUT2D eigenvalue weighted by atomic mass is 16.5. The van der Waals surface area contributed by atoms with Crippen LogP contribution >= 0.6 is 0 Å². The van der Waals surface area contributed by atoms with E-state index in [-0.39, 0.29) is 30.1 Å². The number of amides is 3. The Bertz CT molecular complexity index is 689. The topological polar surface area (TPSA) is 117 Å². The summed E-state index contributed by atoms with van der Waals surface area (Å²) in [6.07, 6.45) is 2.17. The minimum absolute atomic E-state index is 0.0307. The highest BCUT2D eigenvalue weighted by Crippen LogP contribution is 2.45. The standard InChI is InChI=1S/C21H36N4O5/c1-7-13-11-21(13,18(28)22-5)23-12-15(26)14-9-8-10-25(14)17(27)16(20(2,3)4)24-19(29)30-6/h13-14,16,23H,7-12H2,1-6H3,(H,22,28)(H,24,29)/t13?,14-,16+,21?/m0/s1. The maximum atomic E-state index is 13.2. The number of methoxy groups -OCH3 is 1. The van der Waals surface area contributed by atoms with E-state index in [1.165, 1.54) is 7.11 Å². The van der Waals surface area contributed by atoms with Crippen LogP contribution in [0.5, 0.6) is 0 Å². The lowest BCUT2D eigenvalue weighted by Gasteiger charge is -2.35. The van der Waals surface area contributed by atoms with Crippen LogP contribution in [0, 0.1) is 11.3 Å². The van der Waals surface area contributed by atoms with E-state index < -0.39 is 29.1 Å². The molecule has 1 saturated heterocycles. The smallest absolute Gasteiger partial charge is 0.407 e. The van der Waals surface area contributed by atoms with Gasteiger partial charge in [-0.2, -0.15) is 0 Å². The number of nitrogens with zero attached hydrogens (tertiary/aromatic N) is 1. The second-order valence-corrected chi connectivity index (χ2v) is 9.30. The molecule has 0 aromatic heterocycles. The summed E-state index contributed by atoms with van der Waals surface area (Å²) in [5, 5.41) is 8.46. The molecule has 1 heterocycles. The fraction of sp³-hybridized carbons (Fsp3) is 0.810. The van der Waals surface area contributed by atoms with Crippen LogP contribution in [0.4, 0.5) is 4.79 Å². The third-order valence-corrected chi connectivity index (χ3v) is 6.28. The maximum absolute atomic E-state index is 13.2. The molecule has 30 heavy (non-hydrogen) atoms. The summed E-state index contributed by atoms with van der Waals surface area (Å²) in [5.74, 6) is -0.295. The number of ether oxygens (including phenoxy) is 1. The third-order valence-electron chi connectivity index (χ3n) is 6.28. The zero-order chi connectivity index (χ0) is 22.7. The Morgan fingerprint density at radius 1 is 1.23 bits per heavy atom. The Labute approximate surface area is 178 Å². The lowest BCUT2D eigenvalue weighted by Crippen LogP contribution is -2.57. The molecule has 0 aromatic carbocycles. The molecular formula is C21H36N4O5. The highest BCUT2D eigenvalue weighted by molar-refractivity contribution is 5.95. The van der Waals surface area contributed by atoms with Crippen molar-refractivity contribution in [3.05, 3.63) is 0 Å². The van der Waals surface area contributed by atoms with Crippen molar-refractivity contribution in [1.29, 1.82) is 0 Å². The summed E-state index contributed by atoms with van der Waals surface area (Å²) < 4.78 is 4.66. The number of alkyl carbamates (subject to hydrolysis) is 1. The van der Waals surface area contributed by atoms with Crippen LogP contribution in [0.25, 0.3) is 0 Å². The van der Waals surface area contributed by atoms with Crippen LogP contribution in [0.2, 0.25) is 0 Å². The summed E-state index contributed by atoms with van der Waals surface area (Å²) in [7, 11) is 2.84. The molecule has 1 aliphatic heterocycles. The summed E-state index contributed by atoms with van der Waals surface area (Å²) in [4.78, 5) is 51.9. The molecular weight excluding hydrogens is 388 g/mol. The average molecular weight is 425 g/mol. The van der Waals surface area contributed by atoms with Gasteiger partial charge in [-0.05, 0) is 30.6 Å². The van der Waals surface area contributed by atoms with Crippen molar-refractivity contribution in [2.24, 2.45) is 11.3 Å². The molecule has 9 heteroatoms. The molecule has 2 rings (SSSR count). The van der Waals surface area contributed by atoms with Crippen molar-refractivity contribution in [1.82, 2.24) is 20.9 Å². The van der Waals surface area contributed by atoms with Gasteiger partial charge in [-0.25, -0.2) is 4.79 Å². The monoisotopic (exact) mass is 424 g/mol. The van der Waals surface area contributed by atoms with Gasteiger partial charge in [-0.3, -0.25) is 19.7 Å². The summed E-state index contributed by atoms with van der Waals surface area (Å²) >= 11 is 0. The largest absolute Gasteiger partial charge is 0.453 e. The average Bonchev–Trinajstić information content (AvgIpc) is 3.22. The number of hydrogen-bond donors (Lipinski definition) is 3. The Morgan fingerprint density at radius 2 is 1.90 bits per heavy atom. The number of Topliss-reactive ketones (excluding diaryl/α,β-unsaturated/α-hetero) is 1. The molecule has 0 aromatic rings. The summed E-state index contributed by atoms with van der Waals surface area (Å²) in [6.45, 7) is 8.07. The Balaban J connectivity index is 2.08. The normalized spacial score (nSPS) is 26.7. The van der Waals surface area contributed by atoms with E-state index in [2.05, 4.69) is 20.7 Å². The number of ketones is 1. The van der Waals surface area contributed by atoms with Crippen molar-refractivity contribution < 1.29 is 23.9 Å². The predicted octanol–water partition coefficient (Wildman–Crippen LogP) is 0.822. The molecule has 2 fully saturated rings. The number of hydrogen-bond acceptors (Lipinski definition) is 6. The molecule has 2 aliphatic rings. The van der Waals surface area contributed by atoms with Crippen molar-refractivity contribution in [3.63, 3.8) is 0 Å². The molecule has 9 nitrogen and oxygen atoms in total. The Kier molecular flexibility index (Phi) is 7.49. The van der Waals surface area contributed by atoms with E-state index in [0.717, 1.165) is 12.8 Å². The van der Waals surface area contributed by atoms with Crippen LogP contribution in [0.3, 0.4) is 0 Å². The van der Waals surface area contributed by atoms with E-state index in [4.69, 9.17) is 0 Å².